The maximum atomic E-state index is 6.64. The standard InChI is InChI=1S/C54H36N4O/c1-54(2)45-22-11-9-20-39(45)43-32-48-44(31-46(43)54)40-21-10-12-23-47(40)58(48)53-56-51(34-16-7-4-8-17-34)55-52(57-53)38-25-27-42-41-26-24-37(29-49(41)59-50(42)30-38)36-19-13-18-35(28-36)33-14-5-3-6-15-33/h3-32H,1-2H3. The highest BCUT2D eigenvalue weighted by Crippen LogP contribution is 2.51. The van der Waals surface area contributed by atoms with E-state index in [0.29, 0.717) is 17.6 Å². The van der Waals surface area contributed by atoms with E-state index in [1.165, 1.54) is 38.8 Å². The molecule has 0 amide bonds. The molecule has 0 radical (unpaired) electrons. The normalized spacial score (nSPS) is 13.1. The molecule has 11 aromatic rings. The molecule has 0 atom stereocenters. The lowest BCUT2D eigenvalue weighted by Crippen LogP contribution is -2.14. The van der Waals surface area contributed by atoms with Gasteiger partial charge in [0.05, 0.1) is 11.0 Å². The topological polar surface area (TPSA) is 56.7 Å². The van der Waals surface area contributed by atoms with Crippen molar-refractivity contribution in [3.63, 3.8) is 0 Å². The average Bonchev–Trinajstić information content (AvgIpc) is 3.90. The van der Waals surface area contributed by atoms with Gasteiger partial charge in [0.25, 0.3) is 0 Å². The van der Waals surface area contributed by atoms with Crippen molar-refractivity contribution < 1.29 is 4.42 Å². The van der Waals surface area contributed by atoms with Gasteiger partial charge < -0.3 is 4.42 Å². The van der Waals surface area contributed by atoms with Crippen molar-refractivity contribution in [2.24, 2.45) is 0 Å². The average molecular weight is 757 g/mol. The van der Waals surface area contributed by atoms with Crippen LogP contribution in [0.3, 0.4) is 0 Å². The van der Waals surface area contributed by atoms with Crippen molar-refractivity contribution in [1.29, 1.82) is 0 Å². The first-order chi connectivity index (χ1) is 29.0. The van der Waals surface area contributed by atoms with E-state index >= 15 is 0 Å². The van der Waals surface area contributed by atoms with Crippen LogP contribution in [-0.2, 0) is 5.41 Å². The molecule has 0 saturated heterocycles. The molecular weight excluding hydrogens is 721 g/mol. The van der Waals surface area contributed by atoms with E-state index in [4.69, 9.17) is 19.4 Å². The first-order valence-electron chi connectivity index (χ1n) is 20.1. The summed E-state index contributed by atoms with van der Waals surface area (Å²) in [5, 5.41) is 4.46. The minimum atomic E-state index is -0.117. The number of para-hydroxylation sites is 1. The molecule has 0 fully saturated rings. The lowest BCUT2D eigenvalue weighted by Gasteiger charge is -2.21. The molecule has 5 heteroatoms. The summed E-state index contributed by atoms with van der Waals surface area (Å²) in [6.45, 7) is 4.66. The third-order valence-corrected chi connectivity index (χ3v) is 12.3. The molecule has 0 N–H and O–H groups in total. The largest absolute Gasteiger partial charge is 0.456 e. The van der Waals surface area contributed by atoms with Crippen LogP contribution in [0.1, 0.15) is 25.0 Å². The second kappa shape index (κ2) is 12.7. The van der Waals surface area contributed by atoms with Crippen molar-refractivity contribution >= 4 is 43.7 Å². The van der Waals surface area contributed by atoms with Crippen molar-refractivity contribution in [1.82, 2.24) is 19.5 Å². The fourth-order valence-electron chi connectivity index (χ4n) is 9.29. The molecule has 0 saturated carbocycles. The zero-order valence-corrected chi connectivity index (χ0v) is 32.5. The number of hydrogen-bond donors (Lipinski definition) is 0. The molecule has 3 aromatic heterocycles. The van der Waals surface area contributed by atoms with Crippen LogP contribution in [0.25, 0.3) is 106 Å². The summed E-state index contributed by atoms with van der Waals surface area (Å²) in [5.41, 5.74) is 15.2. The second-order valence-corrected chi connectivity index (χ2v) is 16.1. The first-order valence-corrected chi connectivity index (χ1v) is 20.1. The number of fused-ring (bicyclic) bond motifs is 9. The van der Waals surface area contributed by atoms with Crippen LogP contribution in [0.2, 0.25) is 0 Å². The molecule has 0 aliphatic heterocycles. The Kier molecular flexibility index (Phi) is 7.20. The van der Waals surface area contributed by atoms with Gasteiger partial charge in [-0.25, -0.2) is 4.98 Å². The van der Waals surface area contributed by atoms with Crippen molar-refractivity contribution in [3.8, 4) is 62.1 Å². The molecule has 1 aliphatic carbocycles. The van der Waals surface area contributed by atoms with E-state index in [9.17, 15) is 0 Å². The monoisotopic (exact) mass is 756 g/mol. The van der Waals surface area contributed by atoms with Gasteiger partial charge in [-0.05, 0) is 93.0 Å². The summed E-state index contributed by atoms with van der Waals surface area (Å²) < 4.78 is 8.85. The van der Waals surface area contributed by atoms with Gasteiger partial charge in [0.2, 0.25) is 5.95 Å². The quantitative estimate of drug-likeness (QED) is 0.175. The van der Waals surface area contributed by atoms with Gasteiger partial charge >= 0.3 is 0 Å². The van der Waals surface area contributed by atoms with Crippen LogP contribution >= 0.6 is 0 Å². The Labute approximate surface area is 340 Å². The zero-order chi connectivity index (χ0) is 39.2. The fraction of sp³-hybridized carbons (Fsp3) is 0.0556. The molecule has 3 heterocycles. The van der Waals surface area contributed by atoms with E-state index in [1.54, 1.807) is 0 Å². The minimum absolute atomic E-state index is 0.117. The Morgan fingerprint density at radius 2 is 0.983 bits per heavy atom. The Morgan fingerprint density at radius 1 is 0.390 bits per heavy atom. The number of nitrogens with zero attached hydrogens (tertiary/aromatic N) is 4. The summed E-state index contributed by atoms with van der Waals surface area (Å²) in [7, 11) is 0. The van der Waals surface area contributed by atoms with Crippen LogP contribution in [-0.4, -0.2) is 19.5 Å². The maximum absolute atomic E-state index is 6.64. The molecule has 1 aliphatic rings. The zero-order valence-electron chi connectivity index (χ0n) is 32.5. The van der Waals surface area contributed by atoms with Gasteiger partial charge in [-0.3, -0.25) is 4.57 Å². The van der Waals surface area contributed by atoms with Crippen molar-refractivity contribution in [2.45, 2.75) is 19.3 Å². The third-order valence-electron chi connectivity index (χ3n) is 12.3. The highest BCUT2D eigenvalue weighted by atomic mass is 16.3. The van der Waals surface area contributed by atoms with E-state index in [0.717, 1.165) is 60.6 Å². The van der Waals surface area contributed by atoms with Crippen molar-refractivity contribution in [2.75, 3.05) is 0 Å². The van der Waals surface area contributed by atoms with Crippen LogP contribution in [0.15, 0.2) is 186 Å². The highest BCUT2D eigenvalue weighted by Gasteiger charge is 2.36. The Bertz CT molecular complexity index is 3470. The molecule has 0 bridgehead atoms. The van der Waals surface area contributed by atoms with Crippen molar-refractivity contribution in [3.05, 3.63) is 193 Å². The maximum Gasteiger partial charge on any atom is 0.238 e. The molecule has 5 nitrogen and oxygen atoms in total. The number of hydrogen-bond acceptors (Lipinski definition) is 4. The van der Waals surface area contributed by atoms with E-state index in [2.05, 4.69) is 176 Å². The lowest BCUT2D eigenvalue weighted by atomic mass is 9.82. The summed E-state index contributed by atoms with van der Waals surface area (Å²) in [5.74, 6) is 1.75. The van der Waals surface area contributed by atoms with E-state index < -0.39 is 0 Å². The molecule has 0 spiro atoms. The molecule has 0 unspecified atom stereocenters. The van der Waals surface area contributed by atoms with Gasteiger partial charge in [0, 0.05) is 38.1 Å². The summed E-state index contributed by atoms with van der Waals surface area (Å²) in [6.07, 6.45) is 0. The van der Waals surface area contributed by atoms with Gasteiger partial charge in [-0.15, -0.1) is 0 Å². The van der Waals surface area contributed by atoms with E-state index in [-0.39, 0.29) is 5.41 Å². The molecular formula is C54H36N4O. The summed E-state index contributed by atoms with van der Waals surface area (Å²) in [6, 6.07) is 64.2. The number of rotatable bonds is 5. The molecule has 8 aromatic carbocycles. The SMILES string of the molecule is CC1(C)c2ccccc2-c2cc3c(cc21)c1ccccc1n3-c1nc(-c2ccccc2)nc(-c2ccc3c(c2)oc2cc(-c4cccc(-c5ccccc5)c4)ccc23)n1. The number of aromatic nitrogens is 4. The van der Waals surface area contributed by atoms with Gasteiger partial charge in [-0.1, -0.05) is 147 Å². The molecule has 59 heavy (non-hydrogen) atoms. The van der Waals surface area contributed by atoms with E-state index in [1.807, 2.05) is 24.3 Å². The summed E-state index contributed by atoms with van der Waals surface area (Å²) in [4.78, 5) is 15.6. The molecule has 278 valence electrons. The number of benzene rings is 8. The van der Waals surface area contributed by atoms with Gasteiger partial charge in [0.1, 0.15) is 11.2 Å². The second-order valence-electron chi connectivity index (χ2n) is 16.1. The first kappa shape index (κ1) is 33.5. The van der Waals surface area contributed by atoms with Crippen LogP contribution in [0.4, 0.5) is 0 Å². The predicted molar refractivity (Wildman–Crippen MR) is 241 cm³/mol. The van der Waals surface area contributed by atoms with Gasteiger partial charge in [-0.2, -0.15) is 9.97 Å². The Hall–Kier alpha value is -7.63. The highest BCUT2D eigenvalue weighted by molar-refractivity contribution is 6.11. The fourth-order valence-corrected chi connectivity index (χ4v) is 9.29. The van der Waals surface area contributed by atoms with Crippen LogP contribution in [0, 0.1) is 0 Å². The smallest absolute Gasteiger partial charge is 0.238 e. The third kappa shape index (κ3) is 5.21. The van der Waals surface area contributed by atoms with Crippen LogP contribution < -0.4 is 0 Å². The summed E-state index contributed by atoms with van der Waals surface area (Å²) >= 11 is 0. The Morgan fingerprint density at radius 3 is 1.76 bits per heavy atom. The lowest BCUT2D eigenvalue weighted by molar-refractivity contribution is 0.661. The number of furan rings is 1. The Balaban J connectivity index is 1.02. The van der Waals surface area contributed by atoms with Gasteiger partial charge in [0.15, 0.2) is 11.6 Å². The predicted octanol–water partition coefficient (Wildman–Crippen LogP) is 13.8. The minimum Gasteiger partial charge on any atom is -0.456 e. The van der Waals surface area contributed by atoms with Crippen LogP contribution in [0.5, 0.6) is 0 Å². The molecule has 12 rings (SSSR count).